The molecule has 0 saturated heterocycles. The molecule has 0 bridgehead atoms. The Morgan fingerprint density at radius 1 is 0.923 bits per heavy atom. The lowest BCUT2D eigenvalue weighted by Crippen LogP contribution is -2.52. The first-order valence-electron chi connectivity index (χ1n) is 13.0. The van der Waals surface area contributed by atoms with Crippen molar-refractivity contribution in [3.63, 3.8) is 0 Å². The molecule has 0 radical (unpaired) electrons. The predicted octanol–water partition coefficient (Wildman–Crippen LogP) is 4.91. The zero-order valence-corrected chi connectivity index (χ0v) is 23.6. The van der Waals surface area contributed by atoms with E-state index in [2.05, 4.69) is 5.32 Å². The van der Waals surface area contributed by atoms with Crippen LogP contribution in [-0.2, 0) is 26.2 Å². The van der Waals surface area contributed by atoms with Crippen molar-refractivity contribution in [1.82, 2.24) is 10.2 Å². The number of nitrogens with one attached hydrogen (secondary N) is 1. The summed E-state index contributed by atoms with van der Waals surface area (Å²) in [7, 11) is -4.12. The number of aryl methyl sites for hydroxylation is 1. The third-order valence-corrected chi connectivity index (χ3v) is 8.10. The van der Waals surface area contributed by atoms with Gasteiger partial charge in [0, 0.05) is 13.1 Å². The van der Waals surface area contributed by atoms with Gasteiger partial charge in [-0.3, -0.25) is 13.9 Å². The Morgan fingerprint density at radius 2 is 1.54 bits per heavy atom. The lowest BCUT2D eigenvalue weighted by atomic mass is 10.1. The van der Waals surface area contributed by atoms with Gasteiger partial charge in [0.15, 0.2) is 0 Å². The van der Waals surface area contributed by atoms with Crippen LogP contribution >= 0.6 is 0 Å². The fourth-order valence-corrected chi connectivity index (χ4v) is 5.70. The molecule has 208 valence electrons. The van der Waals surface area contributed by atoms with E-state index in [9.17, 15) is 22.4 Å². The molecular weight excluding hydrogens is 517 g/mol. The Hall–Kier alpha value is -3.72. The number of rotatable bonds is 12. The van der Waals surface area contributed by atoms with Crippen molar-refractivity contribution in [2.24, 2.45) is 5.92 Å². The summed E-state index contributed by atoms with van der Waals surface area (Å²) in [6.07, 6.45) is 0.312. The monoisotopic (exact) mass is 553 g/mol. The first-order valence-corrected chi connectivity index (χ1v) is 14.4. The van der Waals surface area contributed by atoms with E-state index >= 15 is 0 Å². The van der Waals surface area contributed by atoms with E-state index in [1.807, 2.05) is 13.8 Å². The fraction of sp³-hybridized carbons (Fsp3) is 0.333. The number of sulfonamides is 1. The van der Waals surface area contributed by atoms with Crippen LogP contribution in [0.5, 0.6) is 0 Å². The van der Waals surface area contributed by atoms with Crippen LogP contribution in [0.4, 0.5) is 10.1 Å². The van der Waals surface area contributed by atoms with Crippen molar-refractivity contribution >= 4 is 27.5 Å². The van der Waals surface area contributed by atoms with E-state index in [0.29, 0.717) is 29.8 Å². The van der Waals surface area contributed by atoms with Gasteiger partial charge in [0.1, 0.15) is 18.4 Å². The van der Waals surface area contributed by atoms with Crippen molar-refractivity contribution < 1.29 is 22.4 Å². The van der Waals surface area contributed by atoms with Gasteiger partial charge < -0.3 is 10.2 Å². The van der Waals surface area contributed by atoms with Crippen LogP contribution in [0.3, 0.4) is 0 Å². The van der Waals surface area contributed by atoms with Crippen LogP contribution in [0.2, 0.25) is 0 Å². The molecule has 0 aliphatic heterocycles. The maximum atomic E-state index is 14.0. The third-order valence-electron chi connectivity index (χ3n) is 6.33. The van der Waals surface area contributed by atoms with Crippen LogP contribution in [0, 0.1) is 18.7 Å². The first-order chi connectivity index (χ1) is 18.5. The topological polar surface area (TPSA) is 86.8 Å². The molecule has 1 N–H and O–H groups in total. The van der Waals surface area contributed by atoms with Gasteiger partial charge in [-0.25, -0.2) is 12.8 Å². The molecule has 39 heavy (non-hydrogen) atoms. The van der Waals surface area contributed by atoms with E-state index in [4.69, 9.17) is 0 Å². The van der Waals surface area contributed by atoms with E-state index < -0.39 is 34.3 Å². The van der Waals surface area contributed by atoms with Gasteiger partial charge in [0.2, 0.25) is 11.8 Å². The molecule has 3 rings (SSSR count). The maximum Gasteiger partial charge on any atom is 0.264 e. The largest absolute Gasteiger partial charge is 0.354 e. The summed E-state index contributed by atoms with van der Waals surface area (Å²) < 4.78 is 42.3. The zero-order valence-electron chi connectivity index (χ0n) is 22.8. The van der Waals surface area contributed by atoms with Crippen LogP contribution in [0.25, 0.3) is 0 Å². The summed E-state index contributed by atoms with van der Waals surface area (Å²) in [4.78, 5) is 28.6. The summed E-state index contributed by atoms with van der Waals surface area (Å²) in [5.41, 5.74) is 1.67. The molecule has 0 aromatic heterocycles. The van der Waals surface area contributed by atoms with E-state index in [0.717, 1.165) is 4.31 Å². The van der Waals surface area contributed by atoms with Crippen molar-refractivity contribution in [2.75, 3.05) is 17.4 Å². The fourth-order valence-electron chi connectivity index (χ4n) is 4.20. The standard InChI is InChI=1S/C30H36FN3O4S/c1-5-27(30(36)32-19-22(2)3)33(20-24-15-17-25(31)18-16-24)29(35)21-34(28-14-10-9-11-23(28)4)39(37,38)26-12-7-6-8-13-26/h6-18,22,27H,5,19-21H2,1-4H3,(H,32,36)/t27-/m0/s1. The van der Waals surface area contributed by atoms with Crippen LogP contribution in [0.15, 0.2) is 83.8 Å². The molecule has 0 heterocycles. The van der Waals surface area contributed by atoms with Crippen molar-refractivity contribution in [2.45, 2.75) is 51.6 Å². The van der Waals surface area contributed by atoms with Crippen LogP contribution in [-0.4, -0.2) is 44.3 Å². The number of hydrogen-bond acceptors (Lipinski definition) is 4. The minimum atomic E-state index is -4.12. The molecule has 3 aromatic rings. The molecule has 7 nitrogen and oxygen atoms in total. The molecule has 0 saturated carbocycles. The molecule has 1 atom stereocenters. The van der Waals surface area contributed by atoms with Gasteiger partial charge >= 0.3 is 0 Å². The third kappa shape index (κ3) is 7.66. The number of carbonyl (C=O) groups is 2. The quantitative estimate of drug-likeness (QED) is 0.345. The summed E-state index contributed by atoms with van der Waals surface area (Å²) in [5, 5.41) is 2.89. The number of para-hydroxylation sites is 1. The molecule has 3 aromatic carbocycles. The molecule has 0 spiro atoms. The predicted molar refractivity (Wildman–Crippen MR) is 151 cm³/mol. The Labute approximate surface area is 230 Å². The number of nitrogens with zero attached hydrogens (tertiary/aromatic N) is 2. The van der Waals surface area contributed by atoms with Gasteiger partial charge in [-0.15, -0.1) is 0 Å². The summed E-state index contributed by atoms with van der Waals surface area (Å²) in [6.45, 7) is 7.44. The lowest BCUT2D eigenvalue weighted by Gasteiger charge is -2.33. The second-order valence-corrected chi connectivity index (χ2v) is 11.7. The SMILES string of the molecule is CC[C@@H](C(=O)NCC(C)C)N(Cc1ccc(F)cc1)C(=O)CN(c1ccccc1C)S(=O)(=O)c1ccccc1. The highest BCUT2D eigenvalue weighted by Gasteiger charge is 2.34. The maximum absolute atomic E-state index is 14.0. The van der Waals surface area contributed by atoms with Crippen molar-refractivity contribution in [3.05, 3.63) is 95.8 Å². The van der Waals surface area contributed by atoms with Gasteiger partial charge in [-0.2, -0.15) is 0 Å². The van der Waals surface area contributed by atoms with Crippen LogP contribution in [0.1, 0.15) is 38.3 Å². The zero-order chi connectivity index (χ0) is 28.6. The average molecular weight is 554 g/mol. The van der Waals surface area contributed by atoms with Gasteiger partial charge in [0.05, 0.1) is 10.6 Å². The number of halogens is 1. The lowest BCUT2D eigenvalue weighted by molar-refractivity contribution is -0.140. The highest BCUT2D eigenvalue weighted by atomic mass is 32.2. The van der Waals surface area contributed by atoms with E-state index in [-0.39, 0.29) is 23.3 Å². The number of benzene rings is 3. The van der Waals surface area contributed by atoms with Gasteiger partial charge in [-0.1, -0.05) is 69.3 Å². The Bertz CT molecular complexity index is 1360. The molecule has 9 heteroatoms. The molecule has 0 unspecified atom stereocenters. The van der Waals surface area contributed by atoms with Crippen molar-refractivity contribution in [3.8, 4) is 0 Å². The summed E-state index contributed by atoms with van der Waals surface area (Å²) >= 11 is 0. The summed E-state index contributed by atoms with van der Waals surface area (Å²) in [6, 6.07) is 19.7. The highest BCUT2D eigenvalue weighted by Crippen LogP contribution is 2.27. The minimum Gasteiger partial charge on any atom is -0.354 e. The number of carbonyl (C=O) groups excluding carboxylic acids is 2. The second-order valence-electron chi connectivity index (χ2n) is 9.82. The summed E-state index contributed by atoms with van der Waals surface area (Å²) in [5.74, 6) is -1.08. The smallest absolute Gasteiger partial charge is 0.264 e. The number of anilines is 1. The molecular formula is C30H36FN3O4S. The molecule has 0 aliphatic rings. The Kier molecular flexibility index (Phi) is 10.2. The van der Waals surface area contributed by atoms with E-state index in [1.54, 1.807) is 68.4 Å². The Balaban J connectivity index is 2.04. The molecule has 0 aliphatic carbocycles. The second kappa shape index (κ2) is 13.4. The normalized spacial score (nSPS) is 12.2. The highest BCUT2D eigenvalue weighted by molar-refractivity contribution is 7.92. The first kappa shape index (κ1) is 29.8. The van der Waals surface area contributed by atoms with E-state index in [1.165, 1.54) is 29.2 Å². The minimum absolute atomic E-state index is 0.0136. The van der Waals surface area contributed by atoms with Gasteiger partial charge in [0.25, 0.3) is 10.0 Å². The van der Waals surface area contributed by atoms with Crippen molar-refractivity contribution in [1.29, 1.82) is 0 Å². The van der Waals surface area contributed by atoms with Crippen LogP contribution < -0.4 is 9.62 Å². The Morgan fingerprint density at radius 3 is 2.13 bits per heavy atom. The molecule has 2 amide bonds. The number of hydrogen-bond donors (Lipinski definition) is 1. The van der Waals surface area contributed by atoms with Gasteiger partial charge in [-0.05, 0) is 60.7 Å². The average Bonchev–Trinajstić information content (AvgIpc) is 2.92. The molecule has 0 fully saturated rings. The number of amides is 2.